The van der Waals surface area contributed by atoms with Gasteiger partial charge in [-0.3, -0.25) is 4.68 Å². The first-order valence-corrected chi connectivity index (χ1v) is 6.07. The number of aryl methyl sites for hydroxylation is 1. The highest BCUT2D eigenvalue weighted by molar-refractivity contribution is 5.34. The fourth-order valence-electron chi connectivity index (χ4n) is 1.86. The van der Waals surface area contributed by atoms with E-state index in [4.69, 9.17) is 5.26 Å². The topological polar surface area (TPSA) is 53.6 Å². The van der Waals surface area contributed by atoms with Gasteiger partial charge in [0, 0.05) is 38.4 Å². The van der Waals surface area contributed by atoms with Crippen molar-refractivity contribution >= 4 is 0 Å². The maximum Gasteiger partial charge on any atom is 0.140 e. The van der Waals surface area contributed by atoms with Gasteiger partial charge in [-0.15, -0.1) is 0 Å². The van der Waals surface area contributed by atoms with Crippen molar-refractivity contribution in [1.29, 1.82) is 5.26 Å². The summed E-state index contributed by atoms with van der Waals surface area (Å²) in [5.74, 6) is -0.471. The van der Waals surface area contributed by atoms with Gasteiger partial charge in [0.05, 0.1) is 5.56 Å². The summed E-state index contributed by atoms with van der Waals surface area (Å²) in [6.45, 7) is 1.42. The Hall–Kier alpha value is -2.19. The fourth-order valence-corrected chi connectivity index (χ4v) is 1.86. The van der Waals surface area contributed by atoms with Crippen molar-refractivity contribution in [2.75, 3.05) is 6.54 Å². The molecule has 0 aliphatic rings. The van der Waals surface area contributed by atoms with Crippen LogP contribution in [0.25, 0.3) is 0 Å². The number of aromatic nitrogens is 2. The summed E-state index contributed by atoms with van der Waals surface area (Å²) >= 11 is 0. The lowest BCUT2D eigenvalue weighted by atomic mass is 10.1. The fraction of sp³-hybridized carbons (Fsp3) is 0.286. The van der Waals surface area contributed by atoms with E-state index in [0.717, 1.165) is 24.2 Å². The molecule has 98 valence electrons. The van der Waals surface area contributed by atoms with E-state index >= 15 is 0 Å². The van der Waals surface area contributed by atoms with Crippen LogP contribution in [0.2, 0.25) is 0 Å². The molecule has 0 amide bonds. The molecule has 0 fully saturated rings. The summed E-state index contributed by atoms with van der Waals surface area (Å²) in [7, 11) is 1.91. The van der Waals surface area contributed by atoms with Crippen LogP contribution in [0.1, 0.15) is 16.8 Å². The van der Waals surface area contributed by atoms with Gasteiger partial charge in [-0.1, -0.05) is 6.07 Å². The number of benzene rings is 1. The van der Waals surface area contributed by atoms with Crippen LogP contribution in [0.5, 0.6) is 0 Å². The van der Waals surface area contributed by atoms with E-state index < -0.39 is 5.82 Å². The number of hydrogen-bond donors (Lipinski definition) is 1. The van der Waals surface area contributed by atoms with Crippen LogP contribution in [-0.4, -0.2) is 16.3 Å². The maximum absolute atomic E-state index is 13.1. The molecule has 1 N–H and O–H groups in total. The summed E-state index contributed by atoms with van der Waals surface area (Å²) in [6, 6.07) is 8.41. The Morgan fingerprint density at radius 3 is 2.95 bits per heavy atom. The summed E-state index contributed by atoms with van der Waals surface area (Å²) in [4.78, 5) is 0. The van der Waals surface area contributed by atoms with E-state index in [1.807, 2.05) is 23.9 Å². The molecule has 2 rings (SSSR count). The van der Waals surface area contributed by atoms with Gasteiger partial charge in [0.25, 0.3) is 0 Å². The van der Waals surface area contributed by atoms with Gasteiger partial charge in [-0.05, 0) is 23.8 Å². The van der Waals surface area contributed by atoms with Crippen molar-refractivity contribution in [3.8, 4) is 6.07 Å². The first kappa shape index (κ1) is 13.2. The molecule has 5 heteroatoms. The summed E-state index contributed by atoms with van der Waals surface area (Å²) < 4.78 is 15.0. The Balaban J connectivity index is 1.83. The summed E-state index contributed by atoms with van der Waals surface area (Å²) in [5, 5.41) is 16.1. The third kappa shape index (κ3) is 3.39. The molecular weight excluding hydrogens is 243 g/mol. The standard InChI is InChI=1S/C14H15FN4/c1-19-13(5-7-18-19)4-6-17-10-11-2-3-14(15)12(8-11)9-16/h2-3,5,7-8,17H,4,6,10H2,1H3. The van der Waals surface area contributed by atoms with Gasteiger partial charge in [0.1, 0.15) is 11.9 Å². The molecule has 2 aromatic rings. The van der Waals surface area contributed by atoms with Crippen LogP contribution in [0, 0.1) is 17.1 Å². The summed E-state index contributed by atoms with van der Waals surface area (Å²) in [5.41, 5.74) is 2.15. The quantitative estimate of drug-likeness (QED) is 0.831. The van der Waals surface area contributed by atoms with E-state index in [9.17, 15) is 4.39 Å². The van der Waals surface area contributed by atoms with Gasteiger partial charge >= 0.3 is 0 Å². The Morgan fingerprint density at radius 2 is 2.26 bits per heavy atom. The van der Waals surface area contributed by atoms with Crippen molar-refractivity contribution < 1.29 is 4.39 Å². The zero-order chi connectivity index (χ0) is 13.7. The van der Waals surface area contributed by atoms with Crippen LogP contribution < -0.4 is 5.32 Å². The number of rotatable bonds is 5. The minimum Gasteiger partial charge on any atom is -0.312 e. The Labute approximate surface area is 111 Å². The maximum atomic E-state index is 13.1. The number of halogens is 1. The van der Waals surface area contributed by atoms with E-state index in [1.54, 1.807) is 18.3 Å². The smallest absolute Gasteiger partial charge is 0.140 e. The molecular formula is C14H15FN4. The second-order valence-electron chi connectivity index (χ2n) is 4.30. The lowest BCUT2D eigenvalue weighted by Crippen LogP contribution is -2.18. The van der Waals surface area contributed by atoms with Gasteiger partial charge in [-0.2, -0.15) is 10.4 Å². The molecule has 0 spiro atoms. The molecule has 4 nitrogen and oxygen atoms in total. The molecule has 0 atom stereocenters. The molecule has 0 radical (unpaired) electrons. The van der Waals surface area contributed by atoms with Crippen molar-refractivity contribution in [3.05, 3.63) is 53.1 Å². The largest absolute Gasteiger partial charge is 0.312 e. The SMILES string of the molecule is Cn1nccc1CCNCc1ccc(F)c(C#N)c1. The number of nitrogens with zero attached hydrogens (tertiary/aromatic N) is 3. The van der Waals surface area contributed by atoms with Gasteiger partial charge in [0.2, 0.25) is 0 Å². The van der Waals surface area contributed by atoms with E-state index in [0.29, 0.717) is 6.54 Å². The lowest BCUT2D eigenvalue weighted by Gasteiger charge is -2.06. The molecule has 0 aliphatic carbocycles. The normalized spacial score (nSPS) is 10.4. The number of hydrogen-bond acceptors (Lipinski definition) is 3. The van der Waals surface area contributed by atoms with Gasteiger partial charge < -0.3 is 5.32 Å². The average Bonchev–Trinajstić information content (AvgIpc) is 2.82. The van der Waals surface area contributed by atoms with Crippen LogP contribution in [0.4, 0.5) is 4.39 Å². The zero-order valence-electron chi connectivity index (χ0n) is 10.7. The molecule has 0 bridgehead atoms. The van der Waals surface area contributed by atoms with Crippen LogP contribution in [-0.2, 0) is 20.0 Å². The molecule has 1 aromatic carbocycles. The predicted octanol–water partition coefficient (Wildman–Crippen LogP) is 1.76. The molecule has 1 heterocycles. The van der Waals surface area contributed by atoms with Crippen molar-refractivity contribution in [2.45, 2.75) is 13.0 Å². The number of nitriles is 1. The Kier molecular flexibility index (Phi) is 4.26. The number of nitrogens with one attached hydrogen (secondary N) is 1. The Bertz CT molecular complexity index is 598. The second-order valence-corrected chi connectivity index (χ2v) is 4.30. The predicted molar refractivity (Wildman–Crippen MR) is 69.7 cm³/mol. The molecule has 0 unspecified atom stereocenters. The lowest BCUT2D eigenvalue weighted by molar-refractivity contribution is 0.619. The van der Waals surface area contributed by atoms with Crippen molar-refractivity contribution in [3.63, 3.8) is 0 Å². The van der Waals surface area contributed by atoms with E-state index in [2.05, 4.69) is 10.4 Å². The monoisotopic (exact) mass is 258 g/mol. The minimum absolute atomic E-state index is 0.0888. The van der Waals surface area contributed by atoms with Crippen molar-refractivity contribution in [2.24, 2.45) is 7.05 Å². The minimum atomic E-state index is -0.471. The molecule has 19 heavy (non-hydrogen) atoms. The van der Waals surface area contributed by atoms with Crippen LogP contribution in [0.3, 0.4) is 0 Å². The zero-order valence-corrected chi connectivity index (χ0v) is 10.7. The molecule has 0 saturated heterocycles. The first-order chi connectivity index (χ1) is 9.20. The van der Waals surface area contributed by atoms with E-state index in [1.165, 1.54) is 6.07 Å². The van der Waals surface area contributed by atoms with Crippen LogP contribution >= 0.6 is 0 Å². The summed E-state index contributed by atoms with van der Waals surface area (Å²) in [6.07, 6.45) is 2.65. The van der Waals surface area contributed by atoms with E-state index in [-0.39, 0.29) is 5.56 Å². The highest BCUT2D eigenvalue weighted by Crippen LogP contribution is 2.09. The van der Waals surface area contributed by atoms with Gasteiger partial charge in [0.15, 0.2) is 0 Å². The molecule has 1 aromatic heterocycles. The molecule has 0 saturated carbocycles. The molecule has 0 aliphatic heterocycles. The van der Waals surface area contributed by atoms with Gasteiger partial charge in [-0.25, -0.2) is 4.39 Å². The second kappa shape index (κ2) is 6.12. The Morgan fingerprint density at radius 1 is 1.42 bits per heavy atom. The highest BCUT2D eigenvalue weighted by atomic mass is 19.1. The van der Waals surface area contributed by atoms with Crippen LogP contribution in [0.15, 0.2) is 30.5 Å². The third-order valence-corrected chi connectivity index (χ3v) is 2.96. The first-order valence-electron chi connectivity index (χ1n) is 6.07. The highest BCUT2D eigenvalue weighted by Gasteiger charge is 2.03. The average molecular weight is 258 g/mol. The third-order valence-electron chi connectivity index (χ3n) is 2.96. The van der Waals surface area contributed by atoms with Crippen molar-refractivity contribution in [1.82, 2.24) is 15.1 Å².